The van der Waals surface area contributed by atoms with Gasteiger partial charge < -0.3 is 14.2 Å². The van der Waals surface area contributed by atoms with Crippen LogP contribution in [0.4, 0.5) is 21.0 Å². The van der Waals surface area contributed by atoms with E-state index >= 15 is 0 Å². The number of carbonyl (C=O) groups is 2. The van der Waals surface area contributed by atoms with Gasteiger partial charge >= 0.3 is 12.2 Å². The number of nitro benzene ring substituents is 1. The summed E-state index contributed by atoms with van der Waals surface area (Å²) in [7, 11) is 0. The Morgan fingerprint density at radius 3 is 2.39 bits per heavy atom. The third kappa shape index (κ3) is 6.94. The maximum Gasteiger partial charge on any atom is 0.514 e. The van der Waals surface area contributed by atoms with E-state index in [1.165, 1.54) is 24.3 Å². The normalized spacial score (nSPS) is 10.7. The van der Waals surface area contributed by atoms with Crippen molar-refractivity contribution >= 4 is 23.6 Å². The predicted octanol–water partition coefficient (Wildman–Crippen LogP) is 4.66. The molecule has 9 nitrogen and oxygen atoms in total. The number of anilines is 1. The van der Waals surface area contributed by atoms with Crippen LogP contribution in [0.5, 0.6) is 5.75 Å². The van der Waals surface area contributed by atoms with E-state index in [1.54, 1.807) is 45.0 Å². The number of ether oxygens (including phenoxy) is 3. The van der Waals surface area contributed by atoms with E-state index in [0.29, 0.717) is 11.3 Å². The SMILES string of the molecule is CC(C)(C)OC(=O)Nc1cccc(COC(=O)Oc2ccc([N+](=O)[O-])cc2)c1. The second kappa shape index (κ2) is 8.85. The largest absolute Gasteiger partial charge is 0.514 e. The highest BCUT2D eigenvalue weighted by Gasteiger charge is 2.16. The lowest BCUT2D eigenvalue weighted by Crippen LogP contribution is -2.27. The summed E-state index contributed by atoms with van der Waals surface area (Å²) >= 11 is 0. The molecular weight excluding hydrogens is 368 g/mol. The molecule has 0 bridgehead atoms. The number of rotatable bonds is 5. The number of amides is 1. The van der Waals surface area contributed by atoms with Crippen molar-refractivity contribution in [3.05, 3.63) is 64.2 Å². The van der Waals surface area contributed by atoms with Crippen molar-refractivity contribution in [3.63, 3.8) is 0 Å². The Hall–Kier alpha value is -3.62. The van der Waals surface area contributed by atoms with Crippen LogP contribution >= 0.6 is 0 Å². The topological polar surface area (TPSA) is 117 Å². The minimum atomic E-state index is -0.959. The van der Waals surface area contributed by atoms with E-state index in [1.807, 2.05) is 0 Å². The molecule has 2 rings (SSSR count). The molecule has 2 aromatic rings. The van der Waals surface area contributed by atoms with Crippen molar-refractivity contribution in [3.8, 4) is 5.75 Å². The van der Waals surface area contributed by atoms with Gasteiger partial charge in [0.15, 0.2) is 0 Å². The molecule has 0 saturated heterocycles. The molecule has 148 valence electrons. The number of hydrogen-bond acceptors (Lipinski definition) is 7. The third-order valence-electron chi connectivity index (χ3n) is 3.18. The summed E-state index contributed by atoms with van der Waals surface area (Å²) in [4.78, 5) is 33.6. The molecule has 1 N–H and O–H groups in total. The Morgan fingerprint density at radius 1 is 1.11 bits per heavy atom. The fourth-order valence-electron chi connectivity index (χ4n) is 2.06. The molecule has 2 aromatic carbocycles. The van der Waals surface area contributed by atoms with Crippen molar-refractivity contribution in [2.45, 2.75) is 33.0 Å². The van der Waals surface area contributed by atoms with Gasteiger partial charge in [0.25, 0.3) is 5.69 Å². The summed E-state index contributed by atoms with van der Waals surface area (Å²) < 4.78 is 15.1. The van der Waals surface area contributed by atoms with Gasteiger partial charge in [0.05, 0.1) is 4.92 Å². The van der Waals surface area contributed by atoms with E-state index in [4.69, 9.17) is 14.2 Å². The average Bonchev–Trinajstić information content (AvgIpc) is 2.59. The molecule has 0 aliphatic rings. The molecule has 0 spiro atoms. The fraction of sp³-hybridized carbons (Fsp3) is 0.263. The number of nitrogens with one attached hydrogen (secondary N) is 1. The second-order valence-electron chi connectivity index (χ2n) is 6.72. The lowest BCUT2D eigenvalue weighted by atomic mass is 10.2. The molecule has 9 heteroatoms. The van der Waals surface area contributed by atoms with Crippen LogP contribution in [0.1, 0.15) is 26.3 Å². The third-order valence-corrected chi connectivity index (χ3v) is 3.18. The molecule has 28 heavy (non-hydrogen) atoms. The molecule has 0 aliphatic heterocycles. The van der Waals surface area contributed by atoms with Gasteiger partial charge in [-0.1, -0.05) is 12.1 Å². The van der Waals surface area contributed by atoms with Crippen molar-refractivity contribution < 1.29 is 28.7 Å². The van der Waals surface area contributed by atoms with Crippen LogP contribution in [0.25, 0.3) is 0 Å². The van der Waals surface area contributed by atoms with E-state index in [-0.39, 0.29) is 18.0 Å². The van der Waals surface area contributed by atoms with Crippen molar-refractivity contribution in [2.75, 3.05) is 5.32 Å². The van der Waals surface area contributed by atoms with E-state index in [9.17, 15) is 19.7 Å². The van der Waals surface area contributed by atoms with Crippen molar-refractivity contribution in [2.24, 2.45) is 0 Å². The summed E-state index contributed by atoms with van der Waals surface area (Å²) in [5.74, 6) is 0.121. The van der Waals surface area contributed by atoms with Crippen LogP contribution in [0.3, 0.4) is 0 Å². The minimum Gasteiger partial charge on any atom is -0.444 e. The zero-order valence-corrected chi connectivity index (χ0v) is 15.6. The van der Waals surface area contributed by atoms with Crippen LogP contribution in [-0.4, -0.2) is 22.8 Å². The molecule has 0 aliphatic carbocycles. The highest BCUT2D eigenvalue weighted by molar-refractivity contribution is 5.84. The van der Waals surface area contributed by atoms with Crippen LogP contribution in [-0.2, 0) is 16.1 Å². The average molecular weight is 388 g/mol. The number of non-ortho nitro benzene ring substituents is 1. The lowest BCUT2D eigenvalue weighted by molar-refractivity contribution is -0.384. The Morgan fingerprint density at radius 2 is 1.79 bits per heavy atom. The number of benzene rings is 2. The van der Waals surface area contributed by atoms with Crippen LogP contribution in [0.15, 0.2) is 48.5 Å². The summed E-state index contributed by atoms with van der Waals surface area (Å²) in [6.07, 6.45) is -1.55. The molecule has 0 atom stereocenters. The van der Waals surface area contributed by atoms with Crippen LogP contribution < -0.4 is 10.1 Å². The first-order chi connectivity index (χ1) is 13.1. The standard InChI is InChI=1S/C19H20N2O7/c1-19(2,3)28-17(22)20-14-6-4-5-13(11-14)12-26-18(23)27-16-9-7-15(8-10-16)21(24)25/h4-11H,12H2,1-3H3,(H,20,22). The number of hydrogen-bond donors (Lipinski definition) is 1. The Bertz CT molecular complexity index is 857. The molecule has 0 unspecified atom stereocenters. The highest BCUT2D eigenvalue weighted by atomic mass is 16.7. The number of nitrogens with zero attached hydrogens (tertiary/aromatic N) is 1. The Labute approximate surface area is 161 Å². The monoisotopic (exact) mass is 388 g/mol. The van der Waals surface area contributed by atoms with Gasteiger partial charge in [0.1, 0.15) is 18.0 Å². The molecule has 0 saturated carbocycles. The van der Waals surface area contributed by atoms with Crippen molar-refractivity contribution in [1.29, 1.82) is 0 Å². The summed E-state index contributed by atoms with van der Waals surface area (Å²) in [6, 6.07) is 11.7. The number of carbonyl (C=O) groups excluding carboxylic acids is 2. The zero-order chi connectivity index (χ0) is 20.7. The van der Waals surface area contributed by atoms with Crippen LogP contribution in [0.2, 0.25) is 0 Å². The van der Waals surface area contributed by atoms with Gasteiger partial charge in [0.2, 0.25) is 0 Å². The molecular formula is C19H20N2O7. The molecule has 0 aromatic heterocycles. The number of nitro groups is 1. The van der Waals surface area contributed by atoms with E-state index in [2.05, 4.69) is 5.32 Å². The second-order valence-corrected chi connectivity index (χ2v) is 6.72. The summed E-state index contributed by atoms with van der Waals surface area (Å²) in [6.45, 7) is 5.18. The fourth-order valence-corrected chi connectivity index (χ4v) is 2.06. The minimum absolute atomic E-state index is 0.0876. The molecule has 0 radical (unpaired) electrons. The van der Waals surface area contributed by atoms with Gasteiger partial charge in [0, 0.05) is 17.8 Å². The molecule has 0 heterocycles. The van der Waals surface area contributed by atoms with E-state index in [0.717, 1.165) is 0 Å². The first kappa shape index (κ1) is 20.7. The predicted molar refractivity (Wildman–Crippen MR) is 100 cm³/mol. The first-order valence-corrected chi connectivity index (χ1v) is 8.30. The van der Waals surface area contributed by atoms with Gasteiger partial charge in [-0.15, -0.1) is 0 Å². The van der Waals surface area contributed by atoms with Gasteiger partial charge in [-0.25, -0.2) is 9.59 Å². The van der Waals surface area contributed by atoms with Gasteiger partial charge in [-0.3, -0.25) is 15.4 Å². The zero-order valence-electron chi connectivity index (χ0n) is 15.6. The lowest BCUT2D eigenvalue weighted by Gasteiger charge is -2.19. The summed E-state index contributed by atoms with van der Waals surface area (Å²) in [5.41, 5.74) is 0.371. The smallest absolute Gasteiger partial charge is 0.444 e. The van der Waals surface area contributed by atoms with Gasteiger partial charge in [-0.05, 0) is 50.6 Å². The van der Waals surface area contributed by atoms with E-state index < -0.39 is 22.8 Å². The Kier molecular flexibility index (Phi) is 6.54. The van der Waals surface area contributed by atoms with Crippen LogP contribution in [0, 0.1) is 10.1 Å². The maximum absolute atomic E-state index is 11.8. The Balaban J connectivity index is 1.87. The first-order valence-electron chi connectivity index (χ1n) is 8.30. The molecule has 1 amide bonds. The summed E-state index contributed by atoms with van der Waals surface area (Å²) in [5, 5.41) is 13.2. The van der Waals surface area contributed by atoms with Gasteiger partial charge in [-0.2, -0.15) is 0 Å². The quantitative estimate of drug-likeness (QED) is 0.343. The molecule has 0 fully saturated rings. The maximum atomic E-state index is 11.8. The highest BCUT2D eigenvalue weighted by Crippen LogP contribution is 2.18. The van der Waals surface area contributed by atoms with Crippen molar-refractivity contribution in [1.82, 2.24) is 0 Å².